The Morgan fingerprint density at radius 3 is 1.22 bits per heavy atom. The zero-order valence-electron chi connectivity index (χ0n) is 19.3. The lowest BCUT2D eigenvalue weighted by molar-refractivity contribution is -0.364. The molecule has 0 aromatic heterocycles. The Morgan fingerprint density at radius 1 is 0.541 bits per heavy atom. The minimum atomic E-state index is -6.62. The van der Waals surface area contributed by atoms with Crippen LogP contribution in [-0.2, 0) is 15.0 Å². The van der Waals surface area contributed by atoms with Crippen molar-refractivity contribution in [1.82, 2.24) is 0 Å². The summed E-state index contributed by atoms with van der Waals surface area (Å²) in [5.74, 6) is -14.1. The third-order valence-corrected chi connectivity index (χ3v) is 5.53. The van der Waals surface area contributed by atoms with Crippen LogP contribution in [0.25, 0.3) is 0 Å². The molecular weight excluding hydrogens is 509 g/mol. The molecule has 0 aliphatic heterocycles. The first kappa shape index (κ1) is 27.7. The maximum atomic E-state index is 16.1. The second-order valence-corrected chi connectivity index (χ2v) is 8.00. The number of hydrogen-bond acceptors (Lipinski definition) is 4. The quantitative estimate of drug-likeness (QED) is 0.148. The molecule has 0 aliphatic rings. The highest BCUT2D eigenvalue weighted by Gasteiger charge is 2.80. The number of esters is 2. The summed E-state index contributed by atoms with van der Waals surface area (Å²) in [7, 11) is 0. The number of ether oxygens (including phenoxy) is 2. The van der Waals surface area contributed by atoms with Gasteiger partial charge in [0, 0.05) is 13.8 Å². The first-order valence-corrected chi connectivity index (χ1v) is 10.6. The summed E-state index contributed by atoms with van der Waals surface area (Å²) in [5.41, 5.74) is -5.28. The fourth-order valence-electron chi connectivity index (χ4n) is 4.02. The van der Waals surface area contributed by atoms with Crippen LogP contribution in [0.2, 0.25) is 0 Å². The van der Waals surface area contributed by atoms with Crippen LogP contribution in [0.5, 0.6) is 11.5 Å². The third-order valence-electron chi connectivity index (χ3n) is 5.53. The van der Waals surface area contributed by atoms with Gasteiger partial charge in [-0.25, -0.2) is 0 Å². The molecule has 0 heterocycles. The van der Waals surface area contributed by atoms with E-state index >= 15 is 8.78 Å². The predicted octanol–water partition coefficient (Wildman–Crippen LogP) is 6.70. The lowest BCUT2D eigenvalue weighted by Gasteiger charge is -2.45. The Labute approximate surface area is 206 Å². The number of hydrogen-bond donors (Lipinski definition) is 0. The van der Waals surface area contributed by atoms with Crippen molar-refractivity contribution in [2.75, 3.05) is 0 Å². The summed E-state index contributed by atoms with van der Waals surface area (Å²) >= 11 is 0. The van der Waals surface area contributed by atoms with Crippen molar-refractivity contribution < 1.29 is 49.8 Å². The molecule has 0 unspecified atom stereocenters. The Bertz CT molecular complexity index is 1190. The number of rotatable bonds is 7. The molecule has 196 valence electrons. The SMILES string of the molecule is CC(=O)Oc1ccc(C(c2ccccc2)(c2ccc(OC(C)=O)cc2)C(F)(F)C(F)(F)C(F)(F)F)cc1. The molecule has 0 radical (unpaired) electrons. The Kier molecular flexibility index (Phi) is 7.39. The summed E-state index contributed by atoms with van der Waals surface area (Å²) in [6.07, 6.45) is -6.62. The lowest BCUT2D eigenvalue weighted by Crippen LogP contribution is -2.63. The van der Waals surface area contributed by atoms with Gasteiger partial charge in [-0.3, -0.25) is 9.59 Å². The highest BCUT2D eigenvalue weighted by molar-refractivity contribution is 5.70. The standard InChI is InChI=1S/C26H19F7O4/c1-16(34)36-21-12-8-19(9-13-21)23(18-6-4-3-5-7-18,24(27,28)25(29,30)26(31,32)33)20-10-14-22(15-11-20)37-17(2)35/h3-15H,1-2H3. The zero-order chi connectivity index (χ0) is 27.6. The maximum absolute atomic E-state index is 16.1. The molecule has 0 saturated carbocycles. The second-order valence-electron chi connectivity index (χ2n) is 8.00. The number of carbonyl (C=O) groups excluding carboxylic acids is 2. The van der Waals surface area contributed by atoms with Gasteiger partial charge in [0.05, 0.1) is 0 Å². The zero-order valence-corrected chi connectivity index (χ0v) is 19.3. The summed E-state index contributed by atoms with van der Waals surface area (Å²) in [4.78, 5) is 22.5. The van der Waals surface area contributed by atoms with E-state index < -0.39 is 52.1 Å². The molecule has 37 heavy (non-hydrogen) atoms. The van der Waals surface area contributed by atoms with Crippen LogP contribution in [0.15, 0.2) is 78.9 Å². The lowest BCUT2D eigenvalue weighted by atomic mass is 9.63. The van der Waals surface area contributed by atoms with Crippen molar-refractivity contribution in [2.45, 2.75) is 37.3 Å². The van der Waals surface area contributed by atoms with Crippen LogP contribution in [0.1, 0.15) is 30.5 Å². The number of halogens is 7. The highest BCUT2D eigenvalue weighted by Crippen LogP contribution is 2.60. The van der Waals surface area contributed by atoms with Crippen LogP contribution in [-0.4, -0.2) is 30.0 Å². The first-order chi connectivity index (χ1) is 17.1. The van der Waals surface area contributed by atoms with E-state index in [1.807, 2.05) is 0 Å². The molecular formula is C26H19F7O4. The van der Waals surface area contributed by atoms with Gasteiger partial charge in [-0.05, 0) is 41.0 Å². The van der Waals surface area contributed by atoms with Crippen LogP contribution in [0.3, 0.4) is 0 Å². The number of benzene rings is 3. The van der Waals surface area contributed by atoms with Crippen molar-refractivity contribution in [2.24, 2.45) is 0 Å². The summed E-state index contributed by atoms with van der Waals surface area (Å²) in [6, 6.07) is 13.3. The van der Waals surface area contributed by atoms with E-state index in [-0.39, 0.29) is 11.5 Å². The predicted molar refractivity (Wildman–Crippen MR) is 118 cm³/mol. The average Bonchev–Trinajstić information content (AvgIpc) is 2.80. The molecule has 3 aromatic rings. The molecule has 3 aromatic carbocycles. The molecule has 0 spiro atoms. The molecule has 0 aliphatic carbocycles. The van der Waals surface area contributed by atoms with Gasteiger partial charge in [0.2, 0.25) is 0 Å². The van der Waals surface area contributed by atoms with Gasteiger partial charge in [-0.1, -0.05) is 54.6 Å². The van der Waals surface area contributed by atoms with Gasteiger partial charge >= 0.3 is 30.0 Å². The smallest absolute Gasteiger partial charge is 0.427 e. The number of carbonyl (C=O) groups is 2. The minimum Gasteiger partial charge on any atom is -0.427 e. The van der Waals surface area contributed by atoms with Crippen molar-refractivity contribution in [1.29, 1.82) is 0 Å². The molecule has 0 atom stereocenters. The highest BCUT2D eigenvalue weighted by atomic mass is 19.4. The van der Waals surface area contributed by atoms with Gasteiger partial charge in [-0.2, -0.15) is 30.7 Å². The van der Waals surface area contributed by atoms with E-state index in [9.17, 15) is 31.5 Å². The van der Waals surface area contributed by atoms with E-state index in [1.165, 1.54) is 18.2 Å². The van der Waals surface area contributed by atoms with Crippen molar-refractivity contribution in [3.8, 4) is 11.5 Å². The minimum absolute atomic E-state index is 0.144. The molecule has 0 amide bonds. The topological polar surface area (TPSA) is 52.6 Å². The van der Waals surface area contributed by atoms with Gasteiger partial charge in [0.15, 0.2) is 0 Å². The van der Waals surface area contributed by atoms with Crippen molar-refractivity contribution in [3.05, 3.63) is 95.6 Å². The normalized spacial score (nSPS) is 12.7. The van der Waals surface area contributed by atoms with Crippen LogP contribution in [0, 0.1) is 0 Å². The van der Waals surface area contributed by atoms with Crippen LogP contribution in [0.4, 0.5) is 30.7 Å². The summed E-state index contributed by atoms with van der Waals surface area (Å²) in [5, 5.41) is 0. The molecule has 0 N–H and O–H groups in total. The average molecular weight is 528 g/mol. The molecule has 0 bridgehead atoms. The fourth-order valence-corrected chi connectivity index (χ4v) is 4.02. The first-order valence-electron chi connectivity index (χ1n) is 10.6. The van der Waals surface area contributed by atoms with E-state index in [4.69, 9.17) is 9.47 Å². The molecule has 11 heteroatoms. The molecule has 0 fully saturated rings. The van der Waals surface area contributed by atoms with Crippen LogP contribution < -0.4 is 9.47 Å². The Morgan fingerprint density at radius 2 is 0.892 bits per heavy atom. The Hall–Kier alpha value is -3.89. The number of alkyl halides is 7. The van der Waals surface area contributed by atoms with Crippen molar-refractivity contribution in [3.63, 3.8) is 0 Å². The Balaban J connectivity index is 2.44. The monoisotopic (exact) mass is 528 g/mol. The van der Waals surface area contributed by atoms with E-state index in [0.717, 1.165) is 74.5 Å². The summed E-state index contributed by atoms with van der Waals surface area (Å²) in [6.45, 7) is 2.12. The van der Waals surface area contributed by atoms with Gasteiger partial charge in [0.1, 0.15) is 16.9 Å². The van der Waals surface area contributed by atoms with E-state index in [1.54, 1.807) is 0 Å². The van der Waals surface area contributed by atoms with Gasteiger partial charge < -0.3 is 9.47 Å². The maximum Gasteiger partial charge on any atom is 0.459 e. The van der Waals surface area contributed by atoms with Crippen molar-refractivity contribution >= 4 is 11.9 Å². The third kappa shape index (κ3) is 4.90. The van der Waals surface area contributed by atoms with Crippen LogP contribution >= 0.6 is 0 Å². The fraction of sp³-hybridized carbons (Fsp3) is 0.231. The van der Waals surface area contributed by atoms with Gasteiger partial charge in [0.25, 0.3) is 0 Å². The van der Waals surface area contributed by atoms with E-state index in [0.29, 0.717) is 0 Å². The molecule has 3 rings (SSSR count). The summed E-state index contributed by atoms with van der Waals surface area (Å²) < 4.78 is 112. The largest absolute Gasteiger partial charge is 0.459 e. The molecule has 0 saturated heterocycles. The van der Waals surface area contributed by atoms with E-state index in [2.05, 4.69) is 0 Å². The molecule has 4 nitrogen and oxygen atoms in total. The second kappa shape index (κ2) is 9.87. The van der Waals surface area contributed by atoms with Gasteiger partial charge in [-0.15, -0.1) is 0 Å².